The summed E-state index contributed by atoms with van der Waals surface area (Å²) in [7, 11) is 0. The van der Waals surface area contributed by atoms with Gasteiger partial charge in [-0.25, -0.2) is 0 Å². The fourth-order valence-electron chi connectivity index (χ4n) is 2.96. The zero-order valence-corrected chi connectivity index (χ0v) is 12.9. The monoisotopic (exact) mass is 312 g/mol. The van der Waals surface area contributed by atoms with Gasteiger partial charge >= 0.3 is 0 Å². The predicted molar refractivity (Wildman–Crippen MR) is 88.4 cm³/mol. The Morgan fingerprint density at radius 1 is 1.17 bits per heavy atom. The Bertz CT molecular complexity index is 751. The smallest absolute Gasteiger partial charge is 0.228 e. The number of aromatic nitrogens is 1. The summed E-state index contributed by atoms with van der Waals surface area (Å²) in [6.45, 7) is 1.16. The molecular weight excluding hydrogens is 292 g/mol. The Kier molecular flexibility index (Phi) is 4.14. The van der Waals surface area contributed by atoms with Crippen molar-refractivity contribution in [3.63, 3.8) is 0 Å². The van der Waals surface area contributed by atoms with Gasteiger partial charge in [-0.3, -0.25) is 14.6 Å². The minimum atomic E-state index is -0.271. The first-order valence-electron chi connectivity index (χ1n) is 7.75. The molecule has 1 aliphatic rings. The molecule has 6 heteroatoms. The summed E-state index contributed by atoms with van der Waals surface area (Å²) in [6, 6.07) is 9.31. The van der Waals surface area contributed by atoms with Gasteiger partial charge in [0.1, 0.15) is 0 Å². The molecule has 1 aromatic heterocycles. The number of nitrogen functional groups attached to an aromatic ring is 1. The largest absolute Gasteiger partial charge is 0.399 e. The number of piperidine rings is 1. The van der Waals surface area contributed by atoms with Crippen LogP contribution in [-0.4, -0.2) is 34.8 Å². The quantitative estimate of drug-likeness (QED) is 0.828. The maximum Gasteiger partial charge on any atom is 0.228 e. The van der Waals surface area contributed by atoms with Gasteiger partial charge in [0.15, 0.2) is 0 Å². The molecule has 1 fully saturated rings. The van der Waals surface area contributed by atoms with Crippen LogP contribution in [0.3, 0.4) is 0 Å². The minimum absolute atomic E-state index is 0.0372. The third-order valence-corrected chi connectivity index (χ3v) is 4.35. The third-order valence-electron chi connectivity index (χ3n) is 4.35. The van der Waals surface area contributed by atoms with Gasteiger partial charge in [0.25, 0.3) is 0 Å². The topological polar surface area (TPSA) is 102 Å². The number of carbonyl (C=O) groups excluding carboxylic acids is 2. The molecule has 3 rings (SSSR count). The molecule has 6 nitrogen and oxygen atoms in total. The molecule has 2 aromatic rings. The summed E-state index contributed by atoms with van der Waals surface area (Å²) in [6.07, 6.45) is 1.55. The first kappa shape index (κ1) is 15.3. The molecular formula is C17H20N4O2. The molecule has 0 saturated carbocycles. The third kappa shape index (κ3) is 3.41. The summed E-state index contributed by atoms with van der Waals surface area (Å²) in [5.41, 5.74) is 13.3. The van der Waals surface area contributed by atoms with Gasteiger partial charge in [-0.1, -0.05) is 6.07 Å². The number of benzene rings is 1. The molecule has 120 valence electrons. The second-order valence-corrected chi connectivity index (χ2v) is 5.99. The molecule has 2 heterocycles. The van der Waals surface area contributed by atoms with Gasteiger partial charge < -0.3 is 16.4 Å². The standard InChI is InChI=1S/C17H20N4O2/c18-13-2-4-15-12(9-13)1-3-14(20-15)10-16(22)21-7-5-11(6-8-21)17(19)23/h1-4,9,11H,5-8,10,18H2,(H2,19,23). The van der Waals surface area contributed by atoms with Crippen LogP contribution < -0.4 is 11.5 Å². The van der Waals surface area contributed by atoms with Crippen LogP contribution >= 0.6 is 0 Å². The SMILES string of the molecule is NC(=O)C1CCN(C(=O)Cc2ccc3cc(N)ccc3n2)CC1. The van der Waals surface area contributed by atoms with Crippen LogP contribution in [0.1, 0.15) is 18.5 Å². The average Bonchev–Trinajstić information content (AvgIpc) is 2.55. The Morgan fingerprint density at radius 3 is 2.61 bits per heavy atom. The fourth-order valence-corrected chi connectivity index (χ4v) is 2.96. The molecule has 1 saturated heterocycles. The van der Waals surface area contributed by atoms with E-state index < -0.39 is 0 Å². The van der Waals surface area contributed by atoms with Gasteiger partial charge in [0.2, 0.25) is 11.8 Å². The summed E-state index contributed by atoms with van der Waals surface area (Å²) < 4.78 is 0. The molecule has 4 N–H and O–H groups in total. The lowest BCUT2D eigenvalue weighted by atomic mass is 9.96. The van der Waals surface area contributed by atoms with Crippen molar-refractivity contribution >= 4 is 28.4 Å². The summed E-state index contributed by atoms with van der Waals surface area (Å²) >= 11 is 0. The Labute approximate surface area is 134 Å². The van der Waals surface area contributed by atoms with Crippen molar-refractivity contribution in [3.8, 4) is 0 Å². The van der Waals surface area contributed by atoms with E-state index in [4.69, 9.17) is 11.5 Å². The summed E-state index contributed by atoms with van der Waals surface area (Å²) in [4.78, 5) is 29.9. The number of primary amides is 1. The number of nitrogens with two attached hydrogens (primary N) is 2. The zero-order chi connectivity index (χ0) is 16.4. The minimum Gasteiger partial charge on any atom is -0.399 e. The van der Waals surface area contributed by atoms with Gasteiger partial charge in [-0.15, -0.1) is 0 Å². The van der Waals surface area contributed by atoms with Crippen LogP contribution in [0.15, 0.2) is 30.3 Å². The number of fused-ring (bicyclic) bond motifs is 1. The van der Waals surface area contributed by atoms with Crippen LogP contribution in [0.25, 0.3) is 10.9 Å². The van der Waals surface area contributed by atoms with E-state index in [1.165, 1.54) is 0 Å². The molecule has 0 radical (unpaired) electrons. The second-order valence-electron chi connectivity index (χ2n) is 5.99. The molecule has 0 bridgehead atoms. The number of amides is 2. The molecule has 0 atom stereocenters. The van der Waals surface area contributed by atoms with E-state index in [1.54, 1.807) is 11.0 Å². The predicted octanol–water partition coefficient (Wildman–Crippen LogP) is 1.08. The highest BCUT2D eigenvalue weighted by Crippen LogP contribution is 2.19. The van der Waals surface area contributed by atoms with Crippen molar-refractivity contribution in [1.29, 1.82) is 0 Å². The van der Waals surface area contributed by atoms with Crippen molar-refractivity contribution in [2.45, 2.75) is 19.3 Å². The fraction of sp³-hybridized carbons (Fsp3) is 0.353. The van der Waals surface area contributed by atoms with E-state index in [0.29, 0.717) is 31.6 Å². The molecule has 1 aliphatic heterocycles. The van der Waals surface area contributed by atoms with E-state index in [9.17, 15) is 9.59 Å². The number of likely N-dealkylation sites (tertiary alicyclic amines) is 1. The van der Waals surface area contributed by atoms with Crippen LogP contribution in [0.2, 0.25) is 0 Å². The van der Waals surface area contributed by atoms with Gasteiger partial charge in [0.05, 0.1) is 17.6 Å². The normalized spacial score (nSPS) is 15.7. The van der Waals surface area contributed by atoms with Crippen LogP contribution in [0.5, 0.6) is 0 Å². The van der Waals surface area contributed by atoms with E-state index in [2.05, 4.69) is 4.98 Å². The lowest BCUT2D eigenvalue weighted by molar-refractivity contribution is -0.134. The Morgan fingerprint density at radius 2 is 1.91 bits per heavy atom. The highest BCUT2D eigenvalue weighted by molar-refractivity contribution is 5.84. The number of rotatable bonds is 3. The Hall–Kier alpha value is -2.63. The number of hydrogen-bond acceptors (Lipinski definition) is 4. The summed E-state index contributed by atoms with van der Waals surface area (Å²) in [5.74, 6) is -0.342. The highest BCUT2D eigenvalue weighted by atomic mass is 16.2. The van der Waals surface area contributed by atoms with E-state index in [0.717, 1.165) is 16.6 Å². The van der Waals surface area contributed by atoms with Crippen molar-refractivity contribution in [2.75, 3.05) is 18.8 Å². The highest BCUT2D eigenvalue weighted by Gasteiger charge is 2.25. The van der Waals surface area contributed by atoms with Crippen molar-refractivity contribution in [3.05, 3.63) is 36.0 Å². The van der Waals surface area contributed by atoms with Crippen LogP contribution in [-0.2, 0) is 16.0 Å². The summed E-state index contributed by atoms with van der Waals surface area (Å²) in [5, 5.41) is 0.962. The lowest BCUT2D eigenvalue weighted by Crippen LogP contribution is -2.42. The van der Waals surface area contributed by atoms with E-state index in [-0.39, 0.29) is 24.2 Å². The lowest BCUT2D eigenvalue weighted by Gasteiger charge is -2.30. The molecule has 23 heavy (non-hydrogen) atoms. The van der Waals surface area contributed by atoms with Crippen molar-refractivity contribution in [2.24, 2.45) is 11.7 Å². The molecule has 0 spiro atoms. The molecule has 2 amide bonds. The zero-order valence-electron chi connectivity index (χ0n) is 12.9. The molecule has 1 aromatic carbocycles. The molecule has 0 aliphatic carbocycles. The van der Waals surface area contributed by atoms with E-state index >= 15 is 0 Å². The first-order valence-corrected chi connectivity index (χ1v) is 7.75. The van der Waals surface area contributed by atoms with Crippen LogP contribution in [0.4, 0.5) is 5.69 Å². The number of hydrogen-bond donors (Lipinski definition) is 2. The van der Waals surface area contributed by atoms with Crippen molar-refractivity contribution < 1.29 is 9.59 Å². The van der Waals surface area contributed by atoms with Gasteiger partial charge in [-0.2, -0.15) is 0 Å². The Balaban J connectivity index is 1.66. The number of carbonyl (C=O) groups is 2. The van der Waals surface area contributed by atoms with Gasteiger partial charge in [-0.05, 0) is 37.1 Å². The number of pyridine rings is 1. The van der Waals surface area contributed by atoms with Gasteiger partial charge in [0, 0.05) is 30.1 Å². The second kappa shape index (κ2) is 6.24. The maximum absolute atomic E-state index is 12.4. The first-order chi connectivity index (χ1) is 11.0. The number of anilines is 1. The number of nitrogens with zero attached hydrogens (tertiary/aromatic N) is 2. The molecule has 0 unspecified atom stereocenters. The van der Waals surface area contributed by atoms with E-state index in [1.807, 2.05) is 24.3 Å². The average molecular weight is 312 g/mol. The van der Waals surface area contributed by atoms with Crippen LogP contribution in [0, 0.1) is 5.92 Å². The van der Waals surface area contributed by atoms with Crippen molar-refractivity contribution in [1.82, 2.24) is 9.88 Å². The maximum atomic E-state index is 12.4.